The van der Waals surface area contributed by atoms with Crippen molar-refractivity contribution < 1.29 is 9.53 Å². The minimum Gasteiger partial charge on any atom is -0.464 e. The van der Waals surface area contributed by atoms with Gasteiger partial charge in [-0.25, -0.2) is 0 Å². The molecule has 1 rings (SSSR count). The van der Waals surface area contributed by atoms with Crippen molar-refractivity contribution in [1.29, 1.82) is 0 Å². The van der Waals surface area contributed by atoms with Crippen molar-refractivity contribution in [3.63, 3.8) is 0 Å². The Morgan fingerprint density at radius 3 is 2.62 bits per heavy atom. The lowest BCUT2D eigenvalue weighted by Crippen LogP contribution is -2.12. The fourth-order valence-electron chi connectivity index (χ4n) is 2.31. The van der Waals surface area contributed by atoms with Crippen LogP contribution in [-0.2, 0) is 9.53 Å². The lowest BCUT2D eigenvalue weighted by molar-refractivity contribution is -0.133. The van der Waals surface area contributed by atoms with E-state index in [1.165, 1.54) is 50.5 Å². The molecule has 0 aliphatic heterocycles. The maximum atomic E-state index is 10.4. The highest BCUT2D eigenvalue weighted by Gasteiger charge is 2.10. The molecule has 92 valence electrons. The second kappa shape index (κ2) is 8.37. The van der Waals surface area contributed by atoms with E-state index in [2.05, 4.69) is 13.0 Å². The van der Waals surface area contributed by atoms with Gasteiger partial charge in [-0.15, -0.1) is 0 Å². The van der Waals surface area contributed by atoms with Crippen molar-refractivity contribution >= 4 is 6.47 Å². The highest BCUT2D eigenvalue weighted by atomic mass is 16.5. The Morgan fingerprint density at radius 2 is 1.88 bits per heavy atom. The lowest BCUT2D eigenvalue weighted by Gasteiger charge is -2.16. The smallest absolute Gasteiger partial charge is 0.293 e. The van der Waals surface area contributed by atoms with Crippen LogP contribution in [0, 0.1) is 0 Å². The standard InChI is InChI=1S/C14H24O2/c1-13-9-7-5-3-2-4-6-8-10-14(11-13)16-12-15/h9,12,14H,2-8,10-11H2,1H3/b13-9+. The molecule has 0 saturated carbocycles. The fourth-order valence-corrected chi connectivity index (χ4v) is 2.31. The van der Waals surface area contributed by atoms with Crippen LogP contribution in [0.15, 0.2) is 11.6 Å². The van der Waals surface area contributed by atoms with Gasteiger partial charge in [-0.05, 0) is 32.6 Å². The summed E-state index contributed by atoms with van der Waals surface area (Å²) in [4.78, 5) is 10.4. The third-order valence-corrected chi connectivity index (χ3v) is 3.27. The van der Waals surface area contributed by atoms with E-state index in [1.807, 2.05) is 0 Å². The number of allylic oxidation sites excluding steroid dienone is 1. The second-order valence-electron chi connectivity index (χ2n) is 4.81. The first-order valence-corrected chi connectivity index (χ1v) is 6.57. The molecule has 1 unspecified atom stereocenters. The van der Waals surface area contributed by atoms with E-state index in [0.717, 1.165) is 12.8 Å². The van der Waals surface area contributed by atoms with Crippen molar-refractivity contribution in [3.8, 4) is 0 Å². The lowest BCUT2D eigenvalue weighted by atomic mass is 9.99. The molecule has 0 heterocycles. The van der Waals surface area contributed by atoms with E-state index < -0.39 is 0 Å². The zero-order valence-corrected chi connectivity index (χ0v) is 10.4. The van der Waals surface area contributed by atoms with Gasteiger partial charge >= 0.3 is 0 Å². The van der Waals surface area contributed by atoms with Gasteiger partial charge in [0.15, 0.2) is 0 Å². The summed E-state index contributed by atoms with van der Waals surface area (Å²) < 4.78 is 5.14. The van der Waals surface area contributed by atoms with Crippen molar-refractivity contribution in [3.05, 3.63) is 11.6 Å². The van der Waals surface area contributed by atoms with Crippen LogP contribution in [0.5, 0.6) is 0 Å². The zero-order valence-electron chi connectivity index (χ0n) is 10.4. The average molecular weight is 224 g/mol. The molecule has 1 aliphatic carbocycles. The summed E-state index contributed by atoms with van der Waals surface area (Å²) in [6.07, 6.45) is 13.3. The largest absolute Gasteiger partial charge is 0.464 e. The van der Waals surface area contributed by atoms with Gasteiger partial charge in [0.25, 0.3) is 6.47 Å². The van der Waals surface area contributed by atoms with Crippen LogP contribution in [0.2, 0.25) is 0 Å². The minimum absolute atomic E-state index is 0.105. The van der Waals surface area contributed by atoms with Crippen LogP contribution >= 0.6 is 0 Å². The molecule has 0 N–H and O–H groups in total. The van der Waals surface area contributed by atoms with Crippen LogP contribution in [0.1, 0.15) is 64.7 Å². The van der Waals surface area contributed by atoms with Gasteiger partial charge in [0.05, 0.1) is 0 Å². The SMILES string of the molecule is C/C1=C\CCCCCCCCC(OC=O)C1. The molecule has 0 bridgehead atoms. The normalized spacial score (nSPS) is 28.1. The van der Waals surface area contributed by atoms with Crippen LogP contribution in [0.3, 0.4) is 0 Å². The molecule has 1 atom stereocenters. The van der Waals surface area contributed by atoms with Gasteiger partial charge in [-0.3, -0.25) is 4.79 Å². The second-order valence-corrected chi connectivity index (χ2v) is 4.81. The Labute approximate surface area is 99.1 Å². The highest BCUT2D eigenvalue weighted by molar-refractivity contribution is 5.37. The minimum atomic E-state index is 0.105. The first-order chi connectivity index (χ1) is 7.83. The molecular weight excluding hydrogens is 200 g/mol. The summed E-state index contributed by atoms with van der Waals surface area (Å²) in [5.74, 6) is 0. The Morgan fingerprint density at radius 1 is 1.19 bits per heavy atom. The summed E-state index contributed by atoms with van der Waals surface area (Å²) in [5, 5.41) is 0. The third kappa shape index (κ3) is 5.94. The molecule has 2 heteroatoms. The van der Waals surface area contributed by atoms with Crippen LogP contribution in [-0.4, -0.2) is 12.6 Å². The summed E-state index contributed by atoms with van der Waals surface area (Å²) in [6, 6.07) is 0. The molecule has 0 aromatic rings. The summed E-state index contributed by atoms with van der Waals surface area (Å²) in [6.45, 7) is 2.75. The number of carbonyl (C=O) groups excluding carboxylic acids is 1. The predicted octanol–water partition coefficient (Wildman–Crippen LogP) is 4.00. The monoisotopic (exact) mass is 224 g/mol. The molecule has 1 aliphatic rings. The van der Waals surface area contributed by atoms with Crippen LogP contribution in [0.25, 0.3) is 0 Å². The molecule has 2 nitrogen and oxygen atoms in total. The van der Waals surface area contributed by atoms with E-state index in [4.69, 9.17) is 4.74 Å². The quantitative estimate of drug-likeness (QED) is 0.523. The molecule has 0 radical (unpaired) electrons. The van der Waals surface area contributed by atoms with E-state index >= 15 is 0 Å². The maximum absolute atomic E-state index is 10.4. The number of hydrogen-bond donors (Lipinski definition) is 0. The fraction of sp³-hybridized carbons (Fsp3) is 0.786. The molecule has 0 aromatic heterocycles. The Bertz CT molecular complexity index is 221. The third-order valence-electron chi connectivity index (χ3n) is 3.27. The zero-order chi connectivity index (χ0) is 11.6. The molecule has 16 heavy (non-hydrogen) atoms. The molecule has 0 saturated heterocycles. The van der Waals surface area contributed by atoms with E-state index in [0.29, 0.717) is 6.47 Å². The Kier molecular flexibility index (Phi) is 6.95. The van der Waals surface area contributed by atoms with Crippen LogP contribution < -0.4 is 0 Å². The van der Waals surface area contributed by atoms with E-state index in [1.54, 1.807) is 0 Å². The summed E-state index contributed by atoms with van der Waals surface area (Å²) in [7, 11) is 0. The summed E-state index contributed by atoms with van der Waals surface area (Å²) in [5.41, 5.74) is 1.37. The summed E-state index contributed by atoms with van der Waals surface area (Å²) >= 11 is 0. The number of rotatable bonds is 2. The van der Waals surface area contributed by atoms with Crippen molar-refractivity contribution in [2.45, 2.75) is 70.8 Å². The molecule has 0 fully saturated rings. The molecular formula is C14H24O2. The average Bonchev–Trinajstić information content (AvgIpc) is 2.25. The predicted molar refractivity (Wildman–Crippen MR) is 66.2 cm³/mol. The van der Waals surface area contributed by atoms with Crippen molar-refractivity contribution in [1.82, 2.24) is 0 Å². The van der Waals surface area contributed by atoms with Crippen LogP contribution in [0.4, 0.5) is 0 Å². The molecule has 0 aromatic carbocycles. The van der Waals surface area contributed by atoms with Gasteiger partial charge in [0, 0.05) is 6.42 Å². The Hall–Kier alpha value is -0.790. The first-order valence-electron chi connectivity index (χ1n) is 6.57. The maximum Gasteiger partial charge on any atom is 0.293 e. The van der Waals surface area contributed by atoms with Gasteiger partial charge in [-0.1, -0.05) is 37.3 Å². The highest BCUT2D eigenvalue weighted by Crippen LogP contribution is 2.18. The van der Waals surface area contributed by atoms with Gasteiger partial charge in [0.1, 0.15) is 6.10 Å². The Balaban J connectivity index is 2.45. The topological polar surface area (TPSA) is 26.3 Å². The molecule has 0 amide bonds. The van der Waals surface area contributed by atoms with E-state index in [9.17, 15) is 4.79 Å². The van der Waals surface area contributed by atoms with Gasteiger partial charge < -0.3 is 4.74 Å². The first kappa shape index (κ1) is 13.3. The number of hydrogen-bond acceptors (Lipinski definition) is 2. The van der Waals surface area contributed by atoms with Gasteiger partial charge in [0.2, 0.25) is 0 Å². The van der Waals surface area contributed by atoms with E-state index in [-0.39, 0.29) is 6.10 Å². The van der Waals surface area contributed by atoms with Crippen molar-refractivity contribution in [2.24, 2.45) is 0 Å². The number of ether oxygens (including phenoxy) is 1. The molecule has 0 spiro atoms. The number of carbonyl (C=O) groups is 1. The van der Waals surface area contributed by atoms with Gasteiger partial charge in [-0.2, -0.15) is 0 Å². The van der Waals surface area contributed by atoms with Crippen molar-refractivity contribution in [2.75, 3.05) is 0 Å².